The lowest BCUT2D eigenvalue weighted by molar-refractivity contribution is 0.0343. The number of amides is 2. The van der Waals surface area contributed by atoms with Crippen molar-refractivity contribution in [2.24, 2.45) is 17.8 Å². The van der Waals surface area contributed by atoms with E-state index in [2.05, 4.69) is 15.4 Å². The summed E-state index contributed by atoms with van der Waals surface area (Å²) in [4.78, 5) is 35.3. The van der Waals surface area contributed by atoms with Crippen LogP contribution in [-0.2, 0) is 4.74 Å². The molecule has 10 nitrogen and oxygen atoms in total. The zero-order valence-electron chi connectivity index (χ0n) is 21.3. The summed E-state index contributed by atoms with van der Waals surface area (Å²) in [7, 11) is 0. The normalized spacial score (nSPS) is 25.1. The Morgan fingerprint density at radius 3 is 2.37 bits per heavy atom. The molecular formula is C28H32N6O4. The van der Waals surface area contributed by atoms with Crippen molar-refractivity contribution in [1.29, 1.82) is 0 Å². The Morgan fingerprint density at radius 2 is 1.66 bits per heavy atom. The van der Waals surface area contributed by atoms with Crippen molar-refractivity contribution in [3.63, 3.8) is 0 Å². The van der Waals surface area contributed by atoms with E-state index >= 15 is 0 Å². The molecule has 1 aliphatic carbocycles. The first-order valence-electron chi connectivity index (χ1n) is 13.7. The topological polar surface area (TPSA) is 114 Å². The molecule has 4 aliphatic rings. The highest BCUT2D eigenvalue weighted by Crippen LogP contribution is 2.40. The van der Waals surface area contributed by atoms with Gasteiger partial charge in [-0.1, -0.05) is 0 Å². The molecule has 198 valence electrons. The molecule has 2 aromatic heterocycles. The molecule has 38 heavy (non-hydrogen) atoms. The number of carbonyl (C=O) groups excluding carboxylic acids is 2. The summed E-state index contributed by atoms with van der Waals surface area (Å²) in [6.07, 6.45) is 4.38. The number of rotatable bonds is 6. The van der Waals surface area contributed by atoms with Crippen LogP contribution in [0.4, 0.5) is 0 Å². The number of ether oxygens (including phenoxy) is 2. The second kappa shape index (κ2) is 9.65. The zero-order chi connectivity index (χ0) is 25.6. The van der Waals surface area contributed by atoms with Gasteiger partial charge in [0.25, 0.3) is 11.8 Å². The van der Waals surface area contributed by atoms with E-state index < -0.39 is 0 Å². The number of hydrogen-bond donors (Lipinski definition) is 1. The third-order valence-corrected chi connectivity index (χ3v) is 8.41. The third-order valence-electron chi connectivity index (χ3n) is 8.41. The molecule has 3 aliphatic heterocycles. The molecule has 0 bridgehead atoms. The second-order valence-electron chi connectivity index (χ2n) is 11.3. The lowest BCUT2D eigenvalue weighted by Crippen LogP contribution is -2.35. The molecule has 0 radical (unpaired) electrons. The molecule has 7 rings (SSSR count). The summed E-state index contributed by atoms with van der Waals surface area (Å²) in [6.45, 7) is 4.75. The molecule has 1 N–H and O–H groups in total. The van der Waals surface area contributed by atoms with Gasteiger partial charge in [-0.2, -0.15) is 15.4 Å². The summed E-state index contributed by atoms with van der Waals surface area (Å²) >= 11 is 0. The standard InChI is InChI=1S/C28H32N6O4/c35-27(19-5-6-23-25(8-19)31-32-30-23)33-11-21-13-34(14-22(21)12-33)28(36)20-9-24(18-3-4-18)29-26(10-20)38-16-17-2-1-7-37-15-17/h5-6,8-10,17-18,21-22H,1-4,7,11-16H2,(H,30,31,32). The van der Waals surface area contributed by atoms with Crippen LogP contribution in [0.2, 0.25) is 0 Å². The van der Waals surface area contributed by atoms with Crippen molar-refractivity contribution in [3.05, 3.63) is 47.2 Å². The lowest BCUT2D eigenvalue weighted by Gasteiger charge is -2.23. The van der Waals surface area contributed by atoms with E-state index in [1.54, 1.807) is 12.1 Å². The van der Waals surface area contributed by atoms with Crippen molar-refractivity contribution < 1.29 is 19.1 Å². The van der Waals surface area contributed by atoms with Gasteiger partial charge in [0.15, 0.2) is 0 Å². The number of likely N-dealkylation sites (tertiary alicyclic amines) is 2. The molecule has 1 aromatic carbocycles. The summed E-state index contributed by atoms with van der Waals surface area (Å²) in [5.41, 5.74) is 3.67. The average Bonchev–Trinajstić information content (AvgIpc) is 3.37. The fraction of sp³-hybridized carbons (Fsp3) is 0.536. The van der Waals surface area contributed by atoms with Gasteiger partial charge in [0, 0.05) is 79.3 Å². The molecule has 3 aromatic rings. The molecular weight excluding hydrogens is 484 g/mol. The molecule has 2 amide bonds. The van der Waals surface area contributed by atoms with Crippen LogP contribution in [0.25, 0.3) is 11.0 Å². The Morgan fingerprint density at radius 1 is 0.921 bits per heavy atom. The van der Waals surface area contributed by atoms with Crippen molar-refractivity contribution in [2.75, 3.05) is 46.0 Å². The van der Waals surface area contributed by atoms with Crippen molar-refractivity contribution >= 4 is 22.8 Å². The van der Waals surface area contributed by atoms with Gasteiger partial charge in [0.2, 0.25) is 5.88 Å². The highest BCUT2D eigenvalue weighted by molar-refractivity contribution is 5.97. The number of carbonyl (C=O) groups is 2. The molecule has 3 atom stereocenters. The van der Waals surface area contributed by atoms with Crippen LogP contribution in [0.3, 0.4) is 0 Å². The first-order chi connectivity index (χ1) is 18.6. The Balaban J connectivity index is 1.01. The number of aromatic amines is 1. The number of H-pyrrole nitrogens is 1. The first-order valence-corrected chi connectivity index (χ1v) is 13.7. The predicted octanol–water partition coefficient (Wildman–Crippen LogP) is 2.88. The maximum Gasteiger partial charge on any atom is 0.254 e. The molecule has 0 spiro atoms. The number of benzene rings is 1. The molecule has 5 heterocycles. The van der Waals surface area contributed by atoms with Crippen LogP contribution < -0.4 is 4.74 Å². The van der Waals surface area contributed by atoms with Crippen LogP contribution >= 0.6 is 0 Å². The van der Waals surface area contributed by atoms with Crippen molar-refractivity contribution in [3.8, 4) is 5.88 Å². The maximum atomic E-state index is 13.6. The number of aromatic nitrogens is 4. The number of pyridine rings is 1. The van der Waals surface area contributed by atoms with E-state index in [1.807, 2.05) is 28.0 Å². The fourth-order valence-corrected chi connectivity index (χ4v) is 6.12. The summed E-state index contributed by atoms with van der Waals surface area (Å²) < 4.78 is 11.7. The highest BCUT2D eigenvalue weighted by atomic mass is 16.5. The van der Waals surface area contributed by atoms with Crippen molar-refractivity contribution in [1.82, 2.24) is 30.2 Å². The van der Waals surface area contributed by atoms with Gasteiger partial charge in [-0.25, -0.2) is 4.98 Å². The lowest BCUT2D eigenvalue weighted by atomic mass is 10.0. The molecule has 1 saturated carbocycles. The molecule has 4 fully saturated rings. The number of nitrogens with one attached hydrogen (secondary N) is 1. The fourth-order valence-electron chi connectivity index (χ4n) is 6.12. The monoisotopic (exact) mass is 516 g/mol. The largest absolute Gasteiger partial charge is 0.477 e. The second-order valence-corrected chi connectivity index (χ2v) is 11.3. The third kappa shape index (κ3) is 4.62. The van der Waals surface area contributed by atoms with Crippen LogP contribution in [0.15, 0.2) is 30.3 Å². The number of nitrogens with zero attached hydrogens (tertiary/aromatic N) is 5. The Kier molecular flexibility index (Phi) is 5.99. The molecule has 3 unspecified atom stereocenters. The first kappa shape index (κ1) is 23.6. The van der Waals surface area contributed by atoms with E-state index in [-0.39, 0.29) is 23.7 Å². The van der Waals surface area contributed by atoms with Gasteiger partial charge in [-0.3, -0.25) is 9.59 Å². The minimum atomic E-state index is 0.00976. The average molecular weight is 517 g/mol. The Bertz CT molecular complexity index is 1350. The van der Waals surface area contributed by atoms with Gasteiger partial charge in [0.1, 0.15) is 11.0 Å². The quantitative estimate of drug-likeness (QED) is 0.536. The van der Waals surface area contributed by atoms with Crippen molar-refractivity contribution in [2.45, 2.75) is 31.6 Å². The Hall–Kier alpha value is -3.53. The Labute approximate surface area is 220 Å². The highest BCUT2D eigenvalue weighted by Gasteiger charge is 2.43. The van der Waals surface area contributed by atoms with E-state index in [4.69, 9.17) is 14.5 Å². The zero-order valence-corrected chi connectivity index (χ0v) is 21.3. The summed E-state index contributed by atoms with van der Waals surface area (Å²) in [5.74, 6) is 1.95. The molecule has 3 saturated heterocycles. The van der Waals surface area contributed by atoms with Gasteiger partial charge in [-0.15, -0.1) is 0 Å². The van der Waals surface area contributed by atoms with E-state index in [9.17, 15) is 9.59 Å². The smallest absolute Gasteiger partial charge is 0.254 e. The van der Waals surface area contributed by atoms with E-state index in [1.165, 1.54) is 0 Å². The van der Waals surface area contributed by atoms with E-state index in [0.29, 0.717) is 67.1 Å². The van der Waals surface area contributed by atoms with Crippen LogP contribution in [0.5, 0.6) is 5.88 Å². The summed E-state index contributed by atoms with van der Waals surface area (Å²) in [6, 6.07) is 9.17. The number of hydrogen-bond acceptors (Lipinski definition) is 7. The SMILES string of the molecule is O=C(c1cc(OCC2CCCOC2)nc(C2CC2)c1)N1CC2CN(C(=O)c3ccc4n[nH]nc4c3)CC2C1. The van der Waals surface area contributed by atoms with E-state index in [0.717, 1.165) is 50.1 Å². The van der Waals surface area contributed by atoms with Gasteiger partial charge < -0.3 is 19.3 Å². The van der Waals surface area contributed by atoms with Crippen LogP contribution in [0.1, 0.15) is 58.0 Å². The number of fused-ring (bicyclic) bond motifs is 2. The predicted molar refractivity (Wildman–Crippen MR) is 138 cm³/mol. The minimum Gasteiger partial charge on any atom is -0.477 e. The maximum absolute atomic E-state index is 13.6. The van der Waals surface area contributed by atoms with Gasteiger partial charge in [-0.05, 0) is 49.9 Å². The molecule has 10 heteroatoms. The van der Waals surface area contributed by atoms with Crippen LogP contribution in [0, 0.1) is 17.8 Å². The minimum absolute atomic E-state index is 0.00976. The van der Waals surface area contributed by atoms with Crippen LogP contribution in [-0.4, -0.2) is 88.0 Å². The van der Waals surface area contributed by atoms with Gasteiger partial charge >= 0.3 is 0 Å². The van der Waals surface area contributed by atoms with Gasteiger partial charge in [0.05, 0.1) is 13.2 Å². The summed E-state index contributed by atoms with van der Waals surface area (Å²) in [5, 5.41) is 10.7.